The molecule has 1 saturated carbocycles. The highest BCUT2D eigenvalue weighted by Gasteiger charge is 2.37. The van der Waals surface area contributed by atoms with Crippen LogP contribution in [0.5, 0.6) is 0 Å². The molecule has 14 heavy (non-hydrogen) atoms. The van der Waals surface area contributed by atoms with Crippen LogP contribution in [0, 0.1) is 0 Å². The van der Waals surface area contributed by atoms with Crippen LogP contribution in [0.4, 0.5) is 0 Å². The highest BCUT2D eigenvalue weighted by atomic mass is 35.5. The van der Waals surface area contributed by atoms with Crippen LogP contribution in [-0.4, -0.2) is 16.1 Å². The molecule has 1 aliphatic carbocycles. The van der Waals surface area contributed by atoms with E-state index < -0.39 is 5.97 Å². The second-order valence-corrected chi connectivity index (χ2v) is 4.31. The molecular formula is C10H10ClNO2. The van der Waals surface area contributed by atoms with Gasteiger partial charge in [-0.15, -0.1) is 11.6 Å². The van der Waals surface area contributed by atoms with Gasteiger partial charge in [-0.2, -0.15) is 0 Å². The SMILES string of the molecule is O=C(O)c1cncc(C2(Cl)CCC2)c1. The van der Waals surface area contributed by atoms with Crippen molar-refractivity contribution in [1.29, 1.82) is 0 Å². The molecule has 0 atom stereocenters. The summed E-state index contributed by atoms with van der Waals surface area (Å²) in [6.07, 6.45) is 5.89. The summed E-state index contributed by atoms with van der Waals surface area (Å²) in [6, 6.07) is 1.61. The van der Waals surface area contributed by atoms with Gasteiger partial charge < -0.3 is 5.11 Å². The fourth-order valence-electron chi connectivity index (χ4n) is 1.58. The summed E-state index contributed by atoms with van der Waals surface area (Å²) in [4.78, 5) is 14.2. The van der Waals surface area contributed by atoms with Crippen molar-refractivity contribution in [3.05, 3.63) is 29.6 Å². The van der Waals surface area contributed by atoms with E-state index in [0.29, 0.717) is 0 Å². The van der Waals surface area contributed by atoms with Crippen molar-refractivity contribution < 1.29 is 9.90 Å². The van der Waals surface area contributed by atoms with Crippen molar-refractivity contribution in [2.75, 3.05) is 0 Å². The zero-order valence-electron chi connectivity index (χ0n) is 7.53. The molecule has 74 valence electrons. The quantitative estimate of drug-likeness (QED) is 0.765. The Morgan fingerprint density at radius 2 is 2.21 bits per heavy atom. The van der Waals surface area contributed by atoms with Crippen molar-refractivity contribution >= 4 is 17.6 Å². The number of hydrogen-bond donors (Lipinski definition) is 1. The van der Waals surface area contributed by atoms with Crippen LogP contribution >= 0.6 is 11.6 Å². The summed E-state index contributed by atoms with van der Waals surface area (Å²) in [5, 5.41) is 8.78. The highest BCUT2D eigenvalue weighted by molar-refractivity contribution is 6.24. The lowest BCUT2D eigenvalue weighted by Gasteiger charge is -2.35. The van der Waals surface area contributed by atoms with E-state index in [0.717, 1.165) is 24.8 Å². The Balaban J connectivity index is 2.35. The first-order valence-corrected chi connectivity index (χ1v) is 4.87. The molecule has 0 aromatic carbocycles. The van der Waals surface area contributed by atoms with E-state index in [1.807, 2.05) is 0 Å². The maximum Gasteiger partial charge on any atom is 0.337 e. The Morgan fingerprint density at radius 1 is 1.50 bits per heavy atom. The van der Waals surface area contributed by atoms with Gasteiger partial charge in [0.15, 0.2) is 0 Å². The lowest BCUT2D eigenvalue weighted by molar-refractivity contribution is 0.0696. The number of alkyl halides is 1. The first-order valence-electron chi connectivity index (χ1n) is 4.49. The molecule has 1 N–H and O–H groups in total. The Bertz CT molecular complexity index is 374. The Hall–Kier alpha value is -1.09. The van der Waals surface area contributed by atoms with Gasteiger partial charge in [0.1, 0.15) is 0 Å². The number of carboxylic acids is 1. The molecule has 0 saturated heterocycles. The Labute approximate surface area is 86.7 Å². The number of halogens is 1. The summed E-state index contributed by atoms with van der Waals surface area (Å²) >= 11 is 6.28. The van der Waals surface area contributed by atoms with Crippen molar-refractivity contribution in [1.82, 2.24) is 4.98 Å². The number of hydrogen-bond acceptors (Lipinski definition) is 2. The van der Waals surface area contributed by atoms with Gasteiger partial charge in [0, 0.05) is 12.4 Å². The first kappa shape index (κ1) is 9.46. The summed E-state index contributed by atoms with van der Waals surface area (Å²) in [7, 11) is 0. The molecular weight excluding hydrogens is 202 g/mol. The van der Waals surface area contributed by atoms with Gasteiger partial charge in [-0.3, -0.25) is 4.98 Å². The van der Waals surface area contributed by atoms with E-state index in [9.17, 15) is 4.79 Å². The standard InChI is InChI=1S/C10H10ClNO2/c11-10(2-1-3-10)8-4-7(9(13)14)5-12-6-8/h4-6H,1-3H2,(H,13,14). The highest BCUT2D eigenvalue weighted by Crippen LogP contribution is 2.47. The second kappa shape index (κ2) is 3.24. The predicted octanol–water partition coefficient (Wildman–Crippen LogP) is 2.40. The van der Waals surface area contributed by atoms with Gasteiger partial charge in [-0.25, -0.2) is 4.79 Å². The minimum absolute atomic E-state index is 0.203. The number of carboxylic acid groups (broad SMARTS) is 1. The summed E-state index contributed by atoms with van der Waals surface area (Å²) in [5.41, 5.74) is 1.03. The third kappa shape index (κ3) is 1.48. The first-order chi connectivity index (χ1) is 6.62. The molecule has 0 bridgehead atoms. The lowest BCUT2D eigenvalue weighted by Crippen LogP contribution is -2.27. The smallest absolute Gasteiger partial charge is 0.337 e. The number of carbonyl (C=O) groups is 1. The fraction of sp³-hybridized carbons (Fsp3) is 0.400. The largest absolute Gasteiger partial charge is 0.478 e. The molecule has 0 spiro atoms. The van der Waals surface area contributed by atoms with E-state index in [4.69, 9.17) is 16.7 Å². The van der Waals surface area contributed by atoms with Gasteiger partial charge in [0.2, 0.25) is 0 Å². The van der Waals surface area contributed by atoms with Crippen LogP contribution in [0.3, 0.4) is 0 Å². The molecule has 0 unspecified atom stereocenters. The number of aromatic carboxylic acids is 1. The van der Waals surface area contributed by atoms with Crippen LogP contribution in [0.2, 0.25) is 0 Å². The van der Waals surface area contributed by atoms with E-state index in [1.54, 1.807) is 12.3 Å². The molecule has 1 fully saturated rings. The third-order valence-electron chi connectivity index (χ3n) is 2.65. The average molecular weight is 212 g/mol. The van der Waals surface area contributed by atoms with Crippen LogP contribution in [0.15, 0.2) is 18.5 Å². The van der Waals surface area contributed by atoms with Crippen LogP contribution in [0.25, 0.3) is 0 Å². The molecule has 2 rings (SSSR count). The van der Waals surface area contributed by atoms with Gasteiger partial charge in [-0.05, 0) is 30.9 Å². The van der Waals surface area contributed by atoms with Gasteiger partial charge in [-0.1, -0.05) is 0 Å². The monoisotopic (exact) mass is 211 g/mol. The lowest BCUT2D eigenvalue weighted by atomic mass is 9.79. The van der Waals surface area contributed by atoms with Crippen molar-refractivity contribution in [3.8, 4) is 0 Å². The summed E-state index contributed by atoms with van der Waals surface area (Å²) < 4.78 is 0. The topological polar surface area (TPSA) is 50.2 Å². The molecule has 1 aromatic rings. The number of nitrogens with zero attached hydrogens (tertiary/aromatic N) is 1. The predicted molar refractivity (Wildman–Crippen MR) is 52.6 cm³/mol. The molecule has 4 heteroatoms. The van der Waals surface area contributed by atoms with Crippen LogP contribution in [-0.2, 0) is 4.87 Å². The minimum atomic E-state index is -0.959. The van der Waals surface area contributed by atoms with E-state index >= 15 is 0 Å². The average Bonchev–Trinajstić information content (AvgIpc) is 2.14. The zero-order chi connectivity index (χ0) is 10.2. The maximum atomic E-state index is 10.7. The minimum Gasteiger partial charge on any atom is -0.478 e. The number of aromatic nitrogens is 1. The second-order valence-electron chi connectivity index (χ2n) is 3.59. The normalized spacial score (nSPS) is 18.6. The third-order valence-corrected chi connectivity index (χ3v) is 3.24. The molecule has 0 radical (unpaired) electrons. The van der Waals surface area contributed by atoms with Gasteiger partial charge >= 0.3 is 5.97 Å². The summed E-state index contributed by atoms with van der Waals surface area (Å²) in [5.74, 6) is -0.959. The Kier molecular flexibility index (Phi) is 2.19. The van der Waals surface area contributed by atoms with Crippen molar-refractivity contribution in [3.63, 3.8) is 0 Å². The Morgan fingerprint density at radius 3 is 2.71 bits per heavy atom. The molecule has 1 aliphatic rings. The maximum absolute atomic E-state index is 10.7. The number of pyridine rings is 1. The fourth-order valence-corrected chi connectivity index (χ4v) is 1.95. The van der Waals surface area contributed by atoms with Crippen LogP contribution < -0.4 is 0 Å². The molecule has 0 aliphatic heterocycles. The van der Waals surface area contributed by atoms with Gasteiger partial charge in [0.05, 0.1) is 10.4 Å². The summed E-state index contributed by atoms with van der Waals surface area (Å²) in [6.45, 7) is 0. The van der Waals surface area contributed by atoms with Crippen molar-refractivity contribution in [2.24, 2.45) is 0 Å². The van der Waals surface area contributed by atoms with Crippen LogP contribution in [0.1, 0.15) is 35.2 Å². The number of rotatable bonds is 2. The van der Waals surface area contributed by atoms with E-state index in [-0.39, 0.29) is 10.4 Å². The molecule has 1 aromatic heterocycles. The van der Waals surface area contributed by atoms with Crippen molar-refractivity contribution in [2.45, 2.75) is 24.1 Å². The van der Waals surface area contributed by atoms with E-state index in [2.05, 4.69) is 4.98 Å². The van der Waals surface area contributed by atoms with Gasteiger partial charge in [0.25, 0.3) is 0 Å². The van der Waals surface area contributed by atoms with E-state index in [1.165, 1.54) is 6.20 Å². The molecule has 0 amide bonds. The zero-order valence-corrected chi connectivity index (χ0v) is 8.29. The molecule has 1 heterocycles. The molecule has 3 nitrogen and oxygen atoms in total.